The first-order chi connectivity index (χ1) is 10.2. The number of hydrogen-bond donors (Lipinski definition) is 0. The van der Waals surface area contributed by atoms with Crippen LogP contribution in [0.15, 0.2) is 24.4 Å². The van der Waals surface area contributed by atoms with Crippen LogP contribution in [0.25, 0.3) is 11.2 Å². The summed E-state index contributed by atoms with van der Waals surface area (Å²) in [4.78, 5) is 17.5. The molecule has 6 nitrogen and oxygen atoms in total. The average molecular weight is 304 g/mol. The predicted molar refractivity (Wildman–Crippen MR) is 79.5 cm³/mol. The number of methoxy groups -OCH3 is 1. The number of alkyl halides is 1. The van der Waals surface area contributed by atoms with Crippen LogP contribution in [0.1, 0.15) is 17.3 Å². The number of rotatable bonds is 4. The van der Waals surface area contributed by atoms with E-state index in [1.807, 2.05) is 23.6 Å². The van der Waals surface area contributed by atoms with Gasteiger partial charge in [0, 0.05) is 12.3 Å². The molecule has 0 amide bonds. The summed E-state index contributed by atoms with van der Waals surface area (Å²) in [7, 11) is 1.59. The molecule has 3 aromatic rings. The van der Waals surface area contributed by atoms with Crippen LogP contribution >= 0.6 is 11.6 Å². The van der Waals surface area contributed by atoms with Gasteiger partial charge in [0.15, 0.2) is 5.65 Å². The van der Waals surface area contributed by atoms with E-state index in [0.717, 1.165) is 28.5 Å². The first-order valence-corrected chi connectivity index (χ1v) is 6.99. The van der Waals surface area contributed by atoms with Crippen molar-refractivity contribution in [1.29, 1.82) is 0 Å². The van der Waals surface area contributed by atoms with Gasteiger partial charge in [-0.15, -0.1) is 11.6 Å². The van der Waals surface area contributed by atoms with E-state index in [0.29, 0.717) is 18.3 Å². The Kier molecular flexibility index (Phi) is 3.70. The largest absolute Gasteiger partial charge is 0.481 e. The SMILES string of the molecule is COc1ccc2nc(CCl)n(Cc3ccnc(C)n3)c2n1. The van der Waals surface area contributed by atoms with Gasteiger partial charge in [-0.25, -0.2) is 15.0 Å². The molecule has 0 aromatic carbocycles. The lowest BCUT2D eigenvalue weighted by molar-refractivity contribution is 0.399. The quantitative estimate of drug-likeness (QED) is 0.692. The van der Waals surface area contributed by atoms with Gasteiger partial charge in [-0.1, -0.05) is 0 Å². The minimum Gasteiger partial charge on any atom is -0.481 e. The highest BCUT2D eigenvalue weighted by Gasteiger charge is 2.13. The van der Waals surface area contributed by atoms with Crippen LogP contribution in [0.2, 0.25) is 0 Å². The molecule has 0 aliphatic heterocycles. The van der Waals surface area contributed by atoms with E-state index in [9.17, 15) is 0 Å². The third-order valence-corrected chi connectivity index (χ3v) is 3.37. The molecule has 0 fully saturated rings. The van der Waals surface area contributed by atoms with Crippen molar-refractivity contribution < 1.29 is 4.74 Å². The molecular weight excluding hydrogens is 290 g/mol. The Balaban J connectivity index is 2.10. The molecule has 0 aliphatic carbocycles. The van der Waals surface area contributed by atoms with Crippen molar-refractivity contribution in [3.63, 3.8) is 0 Å². The Labute approximate surface area is 126 Å². The monoisotopic (exact) mass is 303 g/mol. The average Bonchev–Trinajstić information content (AvgIpc) is 2.84. The van der Waals surface area contributed by atoms with Crippen molar-refractivity contribution in [1.82, 2.24) is 24.5 Å². The molecule has 0 bridgehead atoms. The van der Waals surface area contributed by atoms with E-state index in [1.165, 1.54) is 0 Å². The van der Waals surface area contributed by atoms with Crippen molar-refractivity contribution in [2.45, 2.75) is 19.3 Å². The summed E-state index contributed by atoms with van der Waals surface area (Å²) in [6.07, 6.45) is 1.74. The summed E-state index contributed by atoms with van der Waals surface area (Å²) in [5.74, 6) is 2.34. The standard InChI is InChI=1S/C14H14ClN5O/c1-9-16-6-5-10(17-9)8-20-12(7-15)18-11-3-4-13(21-2)19-14(11)20/h3-6H,7-8H2,1-2H3. The number of pyridine rings is 1. The second-order valence-corrected chi connectivity index (χ2v) is 4.81. The zero-order valence-electron chi connectivity index (χ0n) is 11.7. The molecule has 0 saturated carbocycles. The third kappa shape index (κ3) is 2.67. The van der Waals surface area contributed by atoms with E-state index in [1.54, 1.807) is 19.4 Å². The molecule has 21 heavy (non-hydrogen) atoms. The highest BCUT2D eigenvalue weighted by molar-refractivity contribution is 6.16. The number of aromatic nitrogens is 5. The van der Waals surface area contributed by atoms with Crippen molar-refractivity contribution in [3.05, 3.63) is 41.7 Å². The van der Waals surface area contributed by atoms with Gasteiger partial charge in [0.2, 0.25) is 5.88 Å². The van der Waals surface area contributed by atoms with Gasteiger partial charge >= 0.3 is 0 Å². The molecule has 0 N–H and O–H groups in total. The molecule has 3 heterocycles. The van der Waals surface area contributed by atoms with Crippen LogP contribution in [-0.4, -0.2) is 31.6 Å². The number of imidazole rings is 1. The molecule has 0 atom stereocenters. The Bertz CT molecular complexity index is 786. The first-order valence-electron chi connectivity index (χ1n) is 6.46. The lowest BCUT2D eigenvalue weighted by Gasteiger charge is -2.07. The summed E-state index contributed by atoms with van der Waals surface area (Å²) in [5.41, 5.74) is 2.41. The summed E-state index contributed by atoms with van der Waals surface area (Å²) < 4.78 is 7.13. The van der Waals surface area contributed by atoms with Crippen LogP contribution in [-0.2, 0) is 12.4 Å². The van der Waals surface area contributed by atoms with Crippen LogP contribution in [0, 0.1) is 6.92 Å². The second-order valence-electron chi connectivity index (χ2n) is 4.54. The fraction of sp³-hybridized carbons (Fsp3) is 0.286. The predicted octanol–water partition coefficient (Wildman–Crippen LogP) is 2.33. The Morgan fingerprint density at radius 3 is 2.76 bits per heavy atom. The fourth-order valence-corrected chi connectivity index (χ4v) is 2.37. The van der Waals surface area contributed by atoms with E-state index in [2.05, 4.69) is 19.9 Å². The number of halogens is 1. The van der Waals surface area contributed by atoms with E-state index in [4.69, 9.17) is 16.3 Å². The maximum atomic E-state index is 6.00. The Morgan fingerprint density at radius 2 is 2.05 bits per heavy atom. The van der Waals surface area contributed by atoms with E-state index < -0.39 is 0 Å². The Morgan fingerprint density at radius 1 is 1.19 bits per heavy atom. The van der Waals surface area contributed by atoms with E-state index in [-0.39, 0.29) is 0 Å². The molecule has 0 spiro atoms. The maximum Gasteiger partial charge on any atom is 0.215 e. The first kappa shape index (κ1) is 13.8. The normalized spacial score (nSPS) is 11.0. The number of aryl methyl sites for hydroxylation is 1. The van der Waals surface area contributed by atoms with Crippen molar-refractivity contribution in [2.24, 2.45) is 0 Å². The molecule has 3 aromatic heterocycles. The van der Waals surface area contributed by atoms with Crippen LogP contribution in [0.5, 0.6) is 5.88 Å². The lowest BCUT2D eigenvalue weighted by Crippen LogP contribution is -2.07. The van der Waals surface area contributed by atoms with Gasteiger partial charge in [0.1, 0.15) is 17.2 Å². The lowest BCUT2D eigenvalue weighted by atomic mass is 10.3. The zero-order valence-corrected chi connectivity index (χ0v) is 12.5. The van der Waals surface area contributed by atoms with Crippen LogP contribution in [0.4, 0.5) is 0 Å². The number of fused-ring (bicyclic) bond motifs is 1. The summed E-state index contributed by atoms with van der Waals surface area (Å²) in [5, 5.41) is 0. The molecule has 0 radical (unpaired) electrons. The molecule has 0 aliphatic rings. The van der Waals surface area contributed by atoms with Crippen molar-refractivity contribution in [3.8, 4) is 5.88 Å². The highest BCUT2D eigenvalue weighted by Crippen LogP contribution is 2.20. The Hall–Kier alpha value is -2.21. The van der Waals surface area contributed by atoms with Gasteiger partial charge in [-0.05, 0) is 19.1 Å². The number of hydrogen-bond acceptors (Lipinski definition) is 5. The summed E-state index contributed by atoms with van der Waals surface area (Å²) in [6.45, 7) is 2.40. The molecule has 0 saturated heterocycles. The smallest absolute Gasteiger partial charge is 0.215 e. The number of ether oxygens (including phenoxy) is 1. The van der Waals surface area contributed by atoms with E-state index >= 15 is 0 Å². The van der Waals surface area contributed by atoms with Crippen LogP contribution < -0.4 is 4.74 Å². The van der Waals surface area contributed by atoms with Gasteiger partial charge in [0.05, 0.1) is 25.2 Å². The molecule has 7 heteroatoms. The summed E-state index contributed by atoms with van der Waals surface area (Å²) >= 11 is 6.00. The van der Waals surface area contributed by atoms with Crippen molar-refractivity contribution in [2.75, 3.05) is 7.11 Å². The molecule has 108 valence electrons. The summed E-state index contributed by atoms with van der Waals surface area (Å²) in [6, 6.07) is 5.53. The highest BCUT2D eigenvalue weighted by atomic mass is 35.5. The topological polar surface area (TPSA) is 65.7 Å². The van der Waals surface area contributed by atoms with Gasteiger partial charge in [-0.2, -0.15) is 4.98 Å². The third-order valence-electron chi connectivity index (χ3n) is 3.13. The molecule has 3 rings (SSSR count). The van der Waals surface area contributed by atoms with Crippen molar-refractivity contribution >= 4 is 22.8 Å². The van der Waals surface area contributed by atoms with Gasteiger partial charge < -0.3 is 9.30 Å². The molecular formula is C14H14ClN5O. The van der Waals surface area contributed by atoms with Gasteiger partial charge in [0.25, 0.3) is 0 Å². The number of nitrogens with zero attached hydrogens (tertiary/aromatic N) is 5. The minimum atomic E-state index is 0.308. The zero-order chi connectivity index (χ0) is 14.8. The maximum absolute atomic E-state index is 6.00. The van der Waals surface area contributed by atoms with Gasteiger partial charge in [-0.3, -0.25) is 0 Å². The minimum absolute atomic E-state index is 0.308. The van der Waals surface area contributed by atoms with Crippen LogP contribution in [0.3, 0.4) is 0 Å². The fourth-order valence-electron chi connectivity index (χ4n) is 2.17. The second kappa shape index (κ2) is 5.65. The molecule has 0 unspecified atom stereocenters.